The summed E-state index contributed by atoms with van der Waals surface area (Å²) in [6, 6.07) is 8.19. The number of hydrogen-bond acceptors (Lipinski definition) is 2. The minimum atomic E-state index is 0.576. The molecule has 1 heterocycles. The van der Waals surface area contributed by atoms with Crippen LogP contribution in [-0.4, -0.2) is 31.1 Å². The van der Waals surface area contributed by atoms with Gasteiger partial charge in [0.05, 0.1) is 0 Å². The van der Waals surface area contributed by atoms with Crippen molar-refractivity contribution in [1.29, 1.82) is 0 Å². The maximum atomic E-state index is 3.37. The largest absolute Gasteiger partial charge is 0.319 e. The fourth-order valence-electron chi connectivity index (χ4n) is 3.35. The maximum absolute atomic E-state index is 3.37. The highest BCUT2D eigenvalue weighted by Gasteiger charge is 2.35. The van der Waals surface area contributed by atoms with Crippen LogP contribution in [0, 0.1) is 19.8 Å². The van der Waals surface area contributed by atoms with Crippen molar-refractivity contribution in [2.75, 3.05) is 20.1 Å². The second kappa shape index (κ2) is 6.06. The zero-order valence-corrected chi connectivity index (χ0v) is 13.0. The SMILES string of the molecule is CNCC1CCN(C(C)C)C1c1ccc(C)c(C)c1. The van der Waals surface area contributed by atoms with Gasteiger partial charge in [-0.1, -0.05) is 18.2 Å². The monoisotopic (exact) mass is 260 g/mol. The van der Waals surface area contributed by atoms with Crippen molar-refractivity contribution in [2.24, 2.45) is 5.92 Å². The molecule has 1 saturated heterocycles. The quantitative estimate of drug-likeness (QED) is 0.893. The first-order chi connectivity index (χ1) is 9.04. The molecular formula is C17H28N2. The molecule has 1 aromatic carbocycles. The smallest absolute Gasteiger partial charge is 0.0391 e. The topological polar surface area (TPSA) is 15.3 Å². The lowest BCUT2D eigenvalue weighted by atomic mass is 9.91. The molecule has 0 saturated carbocycles. The van der Waals surface area contributed by atoms with E-state index in [-0.39, 0.29) is 0 Å². The van der Waals surface area contributed by atoms with Crippen molar-refractivity contribution in [2.45, 2.75) is 46.2 Å². The molecule has 0 bridgehead atoms. The Hall–Kier alpha value is -0.860. The number of benzene rings is 1. The van der Waals surface area contributed by atoms with Crippen molar-refractivity contribution in [3.8, 4) is 0 Å². The Morgan fingerprint density at radius 2 is 2.00 bits per heavy atom. The Kier molecular flexibility index (Phi) is 4.64. The highest BCUT2D eigenvalue weighted by molar-refractivity contribution is 5.32. The Morgan fingerprint density at radius 3 is 2.58 bits per heavy atom. The van der Waals surface area contributed by atoms with E-state index in [1.54, 1.807) is 0 Å². The lowest BCUT2D eigenvalue weighted by Crippen LogP contribution is -2.33. The van der Waals surface area contributed by atoms with Gasteiger partial charge in [-0.05, 0) is 76.9 Å². The molecule has 1 aliphatic rings. The molecule has 1 aliphatic heterocycles. The van der Waals surface area contributed by atoms with Gasteiger partial charge < -0.3 is 5.32 Å². The van der Waals surface area contributed by atoms with E-state index in [1.165, 1.54) is 29.7 Å². The van der Waals surface area contributed by atoms with Gasteiger partial charge >= 0.3 is 0 Å². The first-order valence-corrected chi connectivity index (χ1v) is 7.52. The summed E-state index contributed by atoms with van der Waals surface area (Å²) >= 11 is 0. The second-order valence-electron chi connectivity index (χ2n) is 6.23. The maximum Gasteiger partial charge on any atom is 0.0391 e. The van der Waals surface area contributed by atoms with Crippen molar-refractivity contribution < 1.29 is 0 Å². The van der Waals surface area contributed by atoms with Crippen LogP contribution in [0.4, 0.5) is 0 Å². The predicted octanol–water partition coefficient (Wildman–Crippen LogP) is 3.29. The second-order valence-corrected chi connectivity index (χ2v) is 6.23. The Labute approximate surface area is 118 Å². The summed E-state index contributed by atoms with van der Waals surface area (Å²) in [6.07, 6.45) is 1.30. The normalized spacial score (nSPS) is 24.3. The standard InChI is InChI=1S/C17H28N2/c1-12(2)19-9-8-16(11-18-5)17(19)15-7-6-13(3)14(4)10-15/h6-7,10,12,16-18H,8-9,11H2,1-5H3. The van der Waals surface area contributed by atoms with Crippen molar-refractivity contribution in [1.82, 2.24) is 10.2 Å². The van der Waals surface area contributed by atoms with Crippen LogP contribution in [0.25, 0.3) is 0 Å². The molecular weight excluding hydrogens is 232 g/mol. The van der Waals surface area contributed by atoms with Crippen LogP contribution in [0.1, 0.15) is 43.0 Å². The van der Waals surface area contributed by atoms with Gasteiger partial charge in [0.15, 0.2) is 0 Å². The third-order valence-corrected chi connectivity index (χ3v) is 4.56. The van der Waals surface area contributed by atoms with E-state index >= 15 is 0 Å². The van der Waals surface area contributed by atoms with Crippen LogP contribution >= 0.6 is 0 Å². The van der Waals surface area contributed by atoms with E-state index in [4.69, 9.17) is 0 Å². The molecule has 0 spiro atoms. The van der Waals surface area contributed by atoms with Gasteiger partial charge in [0, 0.05) is 12.1 Å². The van der Waals surface area contributed by atoms with Crippen LogP contribution < -0.4 is 5.32 Å². The Bertz CT molecular complexity index is 425. The fourth-order valence-corrected chi connectivity index (χ4v) is 3.35. The molecule has 2 unspecified atom stereocenters. The van der Waals surface area contributed by atoms with Crippen LogP contribution in [0.3, 0.4) is 0 Å². The summed E-state index contributed by atoms with van der Waals surface area (Å²) in [7, 11) is 2.06. The number of nitrogens with zero attached hydrogens (tertiary/aromatic N) is 1. The summed E-state index contributed by atoms with van der Waals surface area (Å²) in [6.45, 7) is 11.4. The minimum absolute atomic E-state index is 0.576. The van der Waals surface area contributed by atoms with E-state index in [2.05, 4.69) is 63.2 Å². The van der Waals surface area contributed by atoms with E-state index in [9.17, 15) is 0 Å². The number of hydrogen-bond donors (Lipinski definition) is 1. The van der Waals surface area contributed by atoms with E-state index in [0.717, 1.165) is 12.5 Å². The van der Waals surface area contributed by atoms with Crippen LogP contribution in [-0.2, 0) is 0 Å². The molecule has 1 aromatic rings. The lowest BCUT2D eigenvalue weighted by molar-refractivity contribution is 0.182. The zero-order chi connectivity index (χ0) is 14.0. The van der Waals surface area contributed by atoms with E-state index in [1.807, 2.05) is 0 Å². The van der Waals surface area contributed by atoms with Crippen LogP contribution in [0.2, 0.25) is 0 Å². The van der Waals surface area contributed by atoms with Gasteiger partial charge in [0.2, 0.25) is 0 Å². The molecule has 0 radical (unpaired) electrons. The summed E-state index contributed by atoms with van der Waals surface area (Å²) in [5, 5.41) is 3.37. The number of rotatable bonds is 4. The van der Waals surface area contributed by atoms with Gasteiger partial charge in [0.1, 0.15) is 0 Å². The van der Waals surface area contributed by atoms with E-state index < -0.39 is 0 Å². The third-order valence-electron chi connectivity index (χ3n) is 4.56. The highest BCUT2D eigenvalue weighted by Crippen LogP contribution is 2.38. The van der Waals surface area contributed by atoms with Gasteiger partial charge in [0.25, 0.3) is 0 Å². The lowest BCUT2D eigenvalue weighted by Gasteiger charge is -2.32. The van der Waals surface area contributed by atoms with Crippen molar-refractivity contribution >= 4 is 0 Å². The Balaban J connectivity index is 2.31. The van der Waals surface area contributed by atoms with Crippen LogP contribution in [0.5, 0.6) is 0 Å². The highest BCUT2D eigenvalue weighted by atomic mass is 15.2. The molecule has 19 heavy (non-hydrogen) atoms. The molecule has 1 N–H and O–H groups in total. The summed E-state index contributed by atoms with van der Waals surface area (Å²) in [5.41, 5.74) is 4.30. The molecule has 2 rings (SSSR count). The first kappa shape index (κ1) is 14.5. The molecule has 0 amide bonds. The van der Waals surface area contributed by atoms with Gasteiger partial charge in [-0.3, -0.25) is 4.90 Å². The molecule has 0 aromatic heterocycles. The van der Waals surface area contributed by atoms with Gasteiger partial charge in [-0.2, -0.15) is 0 Å². The number of likely N-dealkylation sites (tertiary alicyclic amines) is 1. The predicted molar refractivity (Wildman–Crippen MR) is 82.5 cm³/mol. The minimum Gasteiger partial charge on any atom is -0.319 e. The molecule has 106 valence electrons. The average Bonchev–Trinajstić information content (AvgIpc) is 2.77. The third kappa shape index (κ3) is 3.01. The van der Waals surface area contributed by atoms with Crippen LogP contribution in [0.15, 0.2) is 18.2 Å². The Morgan fingerprint density at radius 1 is 1.26 bits per heavy atom. The summed E-state index contributed by atoms with van der Waals surface area (Å²) in [5.74, 6) is 0.731. The molecule has 2 heteroatoms. The average molecular weight is 260 g/mol. The molecule has 2 atom stereocenters. The van der Waals surface area contributed by atoms with Gasteiger partial charge in [-0.25, -0.2) is 0 Å². The molecule has 0 aliphatic carbocycles. The molecule has 2 nitrogen and oxygen atoms in total. The zero-order valence-electron chi connectivity index (χ0n) is 13.0. The molecule has 1 fully saturated rings. The van der Waals surface area contributed by atoms with Gasteiger partial charge in [-0.15, -0.1) is 0 Å². The number of aryl methyl sites for hydroxylation is 2. The number of nitrogens with one attached hydrogen (secondary N) is 1. The van der Waals surface area contributed by atoms with Crippen molar-refractivity contribution in [3.63, 3.8) is 0 Å². The summed E-state index contributed by atoms with van der Waals surface area (Å²) < 4.78 is 0. The van der Waals surface area contributed by atoms with E-state index in [0.29, 0.717) is 12.1 Å². The first-order valence-electron chi connectivity index (χ1n) is 7.52. The fraction of sp³-hybridized carbons (Fsp3) is 0.647. The van der Waals surface area contributed by atoms with Crippen molar-refractivity contribution in [3.05, 3.63) is 34.9 Å². The summed E-state index contributed by atoms with van der Waals surface area (Å²) in [4.78, 5) is 2.66.